The van der Waals surface area contributed by atoms with E-state index in [-0.39, 0.29) is 22.1 Å². The van der Waals surface area contributed by atoms with E-state index in [4.69, 9.17) is 5.11 Å². The van der Waals surface area contributed by atoms with Crippen molar-refractivity contribution in [2.45, 2.75) is 44.0 Å². The number of rotatable bonds is 4. The van der Waals surface area contributed by atoms with Crippen molar-refractivity contribution in [1.82, 2.24) is 4.31 Å². The number of halogens is 1. The number of aromatic carboxylic acids is 1. The molecule has 0 spiro atoms. The van der Waals surface area contributed by atoms with Crippen LogP contribution in [0.4, 0.5) is 4.39 Å². The Morgan fingerprint density at radius 3 is 2.71 bits per heavy atom. The molecule has 1 heterocycles. The maximum atomic E-state index is 13.9. The van der Waals surface area contributed by atoms with Crippen LogP contribution < -0.4 is 0 Å². The number of carboxylic acid groups (broad SMARTS) is 1. The Kier molecular flexibility index (Phi) is 4.34. The van der Waals surface area contributed by atoms with Crippen molar-refractivity contribution >= 4 is 16.0 Å². The quantitative estimate of drug-likeness (QED) is 0.926. The Balaban J connectivity index is 2.56. The van der Waals surface area contributed by atoms with E-state index in [1.807, 2.05) is 6.92 Å². The van der Waals surface area contributed by atoms with Crippen LogP contribution in [0.5, 0.6) is 0 Å². The number of hydrogen-bond acceptors (Lipinski definition) is 3. The molecule has 1 N–H and O–H groups in total. The number of carbonyl (C=O) groups is 1. The van der Waals surface area contributed by atoms with Crippen LogP contribution in [0.1, 0.15) is 42.1 Å². The number of benzene rings is 1. The van der Waals surface area contributed by atoms with Gasteiger partial charge in [-0.2, -0.15) is 4.31 Å². The highest BCUT2D eigenvalue weighted by Crippen LogP contribution is 2.30. The molecule has 0 amide bonds. The van der Waals surface area contributed by atoms with E-state index >= 15 is 0 Å². The van der Waals surface area contributed by atoms with Gasteiger partial charge in [-0.3, -0.25) is 0 Å². The van der Waals surface area contributed by atoms with Crippen LogP contribution in [0, 0.1) is 12.7 Å². The molecule has 1 aromatic rings. The average molecular weight is 315 g/mol. The second-order valence-corrected chi connectivity index (χ2v) is 7.07. The number of carboxylic acids is 1. The molecular weight excluding hydrogens is 297 g/mol. The van der Waals surface area contributed by atoms with Gasteiger partial charge in [0, 0.05) is 18.2 Å². The van der Waals surface area contributed by atoms with Crippen molar-refractivity contribution < 1.29 is 22.7 Å². The summed E-state index contributed by atoms with van der Waals surface area (Å²) in [6, 6.07) is 1.78. The molecule has 21 heavy (non-hydrogen) atoms. The van der Waals surface area contributed by atoms with Gasteiger partial charge < -0.3 is 5.11 Å². The van der Waals surface area contributed by atoms with E-state index in [1.165, 1.54) is 11.2 Å². The van der Waals surface area contributed by atoms with Gasteiger partial charge in [0.25, 0.3) is 0 Å². The molecule has 1 saturated heterocycles. The van der Waals surface area contributed by atoms with Crippen LogP contribution in [-0.2, 0) is 10.0 Å². The van der Waals surface area contributed by atoms with Gasteiger partial charge in [0.05, 0.1) is 10.5 Å². The van der Waals surface area contributed by atoms with Crippen LogP contribution in [-0.4, -0.2) is 36.4 Å². The Labute approximate surface area is 123 Å². The molecule has 5 nitrogen and oxygen atoms in total. The lowest BCUT2D eigenvalue weighted by atomic mass is 10.1. The van der Waals surface area contributed by atoms with Gasteiger partial charge in [-0.1, -0.05) is 6.92 Å². The zero-order valence-corrected chi connectivity index (χ0v) is 12.8. The van der Waals surface area contributed by atoms with Crippen molar-refractivity contribution in [2.24, 2.45) is 0 Å². The lowest BCUT2D eigenvalue weighted by molar-refractivity contribution is 0.0696. The fraction of sp³-hybridized carbons (Fsp3) is 0.500. The van der Waals surface area contributed by atoms with E-state index in [0.29, 0.717) is 13.0 Å². The molecule has 1 aliphatic heterocycles. The van der Waals surface area contributed by atoms with E-state index < -0.39 is 21.8 Å². The topological polar surface area (TPSA) is 74.7 Å². The molecule has 1 unspecified atom stereocenters. The van der Waals surface area contributed by atoms with Gasteiger partial charge >= 0.3 is 5.97 Å². The monoisotopic (exact) mass is 315 g/mol. The van der Waals surface area contributed by atoms with Gasteiger partial charge in [0.15, 0.2) is 0 Å². The Hall–Kier alpha value is -1.47. The first-order valence-electron chi connectivity index (χ1n) is 6.84. The Morgan fingerprint density at radius 1 is 1.48 bits per heavy atom. The summed E-state index contributed by atoms with van der Waals surface area (Å²) in [5.41, 5.74) is -0.398. The van der Waals surface area contributed by atoms with Crippen molar-refractivity contribution in [1.29, 1.82) is 0 Å². The largest absolute Gasteiger partial charge is 0.478 e. The van der Waals surface area contributed by atoms with Crippen molar-refractivity contribution in [3.63, 3.8) is 0 Å². The summed E-state index contributed by atoms with van der Waals surface area (Å²) in [6.45, 7) is 3.64. The average Bonchev–Trinajstić information content (AvgIpc) is 2.90. The summed E-state index contributed by atoms with van der Waals surface area (Å²) >= 11 is 0. The molecule has 0 aromatic heterocycles. The van der Waals surface area contributed by atoms with E-state index in [9.17, 15) is 17.6 Å². The second-order valence-electron chi connectivity index (χ2n) is 5.21. The standard InChI is InChI=1S/C14H18FNO4S/c1-3-11-5-4-6-16(11)21(19,20)13-8-10(14(17)18)7-12(15)9(13)2/h7-8,11H,3-6H2,1-2H3,(H,17,18). The maximum Gasteiger partial charge on any atom is 0.335 e. The summed E-state index contributed by atoms with van der Waals surface area (Å²) in [5.74, 6) is -2.17. The summed E-state index contributed by atoms with van der Waals surface area (Å²) < 4.78 is 40.6. The molecule has 2 rings (SSSR count). The SMILES string of the molecule is CCC1CCCN1S(=O)(=O)c1cc(C(=O)O)cc(F)c1C. The normalized spacial score (nSPS) is 19.9. The Bertz CT molecular complexity index is 672. The van der Waals surface area contributed by atoms with Crippen LogP contribution in [0.2, 0.25) is 0 Å². The minimum atomic E-state index is -3.88. The third-order valence-corrected chi connectivity index (χ3v) is 6.00. The van der Waals surface area contributed by atoms with Crippen molar-refractivity contribution in [3.8, 4) is 0 Å². The highest BCUT2D eigenvalue weighted by Gasteiger charge is 2.36. The molecule has 1 aliphatic rings. The molecule has 1 atom stereocenters. The predicted octanol–water partition coefficient (Wildman–Crippen LogP) is 2.40. The van der Waals surface area contributed by atoms with Crippen molar-refractivity contribution in [3.05, 3.63) is 29.1 Å². The van der Waals surface area contributed by atoms with Gasteiger partial charge in [-0.25, -0.2) is 17.6 Å². The second kappa shape index (κ2) is 5.73. The molecule has 0 aliphatic carbocycles. The smallest absolute Gasteiger partial charge is 0.335 e. The molecule has 1 aromatic carbocycles. The van der Waals surface area contributed by atoms with E-state index in [0.717, 1.165) is 25.0 Å². The lowest BCUT2D eigenvalue weighted by Crippen LogP contribution is -2.35. The third kappa shape index (κ3) is 2.80. The summed E-state index contributed by atoms with van der Waals surface area (Å²) in [4.78, 5) is 10.8. The minimum absolute atomic E-state index is 0.0400. The highest BCUT2D eigenvalue weighted by atomic mass is 32.2. The van der Waals surface area contributed by atoms with Crippen LogP contribution in [0.15, 0.2) is 17.0 Å². The Morgan fingerprint density at radius 2 is 2.14 bits per heavy atom. The maximum absolute atomic E-state index is 13.9. The first-order valence-corrected chi connectivity index (χ1v) is 8.28. The molecule has 0 saturated carbocycles. The zero-order chi connectivity index (χ0) is 15.8. The lowest BCUT2D eigenvalue weighted by Gasteiger charge is -2.24. The molecule has 0 bridgehead atoms. The summed E-state index contributed by atoms with van der Waals surface area (Å²) in [5, 5.41) is 8.98. The van der Waals surface area contributed by atoms with Crippen LogP contribution in [0.25, 0.3) is 0 Å². The van der Waals surface area contributed by atoms with Gasteiger partial charge in [0.2, 0.25) is 10.0 Å². The summed E-state index contributed by atoms with van der Waals surface area (Å²) in [6.07, 6.45) is 2.22. The molecule has 1 fully saturated rings. The molecule has 116 valence electrons. The minimum Gasteiger partial charge on any atom is -0.478 e. The van der Waals surface area contributed by atoms with Crippen LogP contribution >= 0.6 is 0 Å². The van der Waals surface area contributed by atoms with Crippen molar-refractivity contribution in [2.75, 3.05) is 6.54 Å². The number of nitrogens with zero attached hydrogens (tertiary/aromatic N) is 1. The first-order chi connectivity index (χ1) is 9.78. The zero-order valence-electron chi connectivity index (χ0n) is 12.0. The fourth-order valence-corrected chi connectivity index (χ4v) is 4.73. The first kappa shape index (κ1) is 15.9. The van der Waals surface area contributed by atoms with Gasteiger partial charge in [-0.15, -0.1) is 0 Å². The third-order valence-electron chi connectivity index (χ3n) is 3.92. The van der Waals surface area contributed by atoms with Gasteiger partial charge in [0.1, 0.15) is 5.82 Å². The highest BCUT2D eigenvalue weighted by molar-refractivity contribution is 7.89. The van der Waals surface area contributed by atoms with Crippen LogP contribution in [0.3, 0.4) is 0 Å². The van der Waals surface area contributed by atoms with E-state index in [2.05, 4.69) is 0 Å². The molecule has 0 radical (unpaired) electrons. The predicted molar refractivity (Wildman–Crippen MR) is 75.3 cm³/mol. The number of sulfonamides is 1. The molecular formula is C14H18FNO4S. The fourth-order valence-electron chi connectivity index (χ4n) is 2.70. The number of hydrogen-bond donors (Lipinski definition) is 1. The van der Waals surface area contributed by atoms with E-state index in [1.54, 1.807) is 0 Å². The summed E-state index contributed by atoms with van der Waals surface area (Å²) in [7, 11) is -3.88. The molecule has 7 heteroatoms. The van der Waals surface area contributed by atoms with Gasteiger partial charge in [-0.05, 0) is 38.3 Å².